The first-order chi connectivity index (χ1) is 9.88. The Morgan fingerprint density at radius 3 is 2.62 bits per heavy atom. The topological polar surface area (TPSA) is 33.1 Å². The first-order valence-electron chi connectivity index (χ1n) is 6.02. The largest absolute Gasteiger partial charge is 0.346 e. The van der Waals surface area contributed by atoms with Crippen molar-refractivity contribution in [1.29, 1.82) is 0 Å². The predicted molar refractivity (Wildman–Crippen MR) is 92.4 cm³/mol. The fraction of sp³-hybridized carbons (Fsp3) is 0.231. The molecule has 1 aromatic heterocycles. The van der Waals surface area contributed by atoms with Gasteiger partial charge in [-0.05, 0) is 30.4 Å². The lowest BCUT2D eigenvalue weighted by molar-refractivity contribution is 0.482. The van der Waals surface area contributed by atoms with E-state index in [1.807, 2.05) is 19.0 Å². The normalized spacial score (nSPS) is 10.5. The van der Waals surface area contributed by atoms with Crippen molar-refractivity contribution < 1.29 is 0 Å². The number of nitrogens with zero attached hydrogens (tertiary/aromatic N) is 3. The van der Waals surface area contributed by atoms with Crippen molar-refractivity contribution >= 4 is 57.8 Å². The van der Waals surface area contributed by atoms with Crippen molar-refractivity contribution in [2.24, 2.45) is 7.05 Å². The lowest BCUT2D eigenvalue weighted by atomic mass is 10.3. The van der Waals surface area contributed by atoms with Crippen LogP contribution in [0, 0.1) is 0 Å². The molecule has 0 saturated carbocycles. The Hall–Kier alpha value is -1.01. The van der Waals surface area contributed by atoms with Gasteiger partial charge in [-0.3, -0.25) is 4.68 Å². The minimum atomic E-state index is 0.511. The molecule has 112 valence electrons. The van der Waals surface area contributed by atoms with Gasteiger partial charge in [-0.15, -0.1) is 0 Å². The molecule has 0 aliphatic heterocycles. The van der Waals surface area contributed by atoms with Crippen LogP contribution in [0.15, 0.2) is 24.4 Å². The van der Waals surface area contributed by atoms with Gasteiger partial charge in [0.05, 0.1) is 34.2 Å². The van der Waals surface area contributed by atoms with Gasteiger partial charge in [-0.1, -0.05) is 34.8 Å². The lowest BCUT2D eigenvalue weighted by Crippen LogP contribution is -2.31. The summed E-state index contributed by atoms with van der Waals surface area (Å²) in [6.45, 7) is 0.534. The summed E-state index contributed by atoms with van der Waals surface area (Å²) in [6.07, 6.45) is 1.61. The van der Waals surface area contributed by atoms with Gasteiger partial charge in [0.2, 0.25) is 0 Å². The van der Waals surface area contributed by atoms with Crippen molar-refractivity contribution in [2.75, 3.05) is 12.4 Å². The van der Waals surface area contributed by atoms with Crippen molar-refractivity contribution in [3.63, 3.8) is 0 Å². The molecule has 0 aliphatic carbocycles. The molecule has 2 rings (SSSR count). The second kappa shape index (κ2) is 6.83. The molecule has 21 heavy (non-hydrogen) atoms. The maximum Gasteiger partial charge on any atom is 0.173 e. The molecule has 4 nitrogen and oxygen atoms in total. The Morgan fingerprint density at radius 1 is 1.33 bits per heavy atom. The molecule has 0 saturated heterocycles. The maximum absolute atomic E-state index is 6.11. The lowest BCUT2D eigenvalue weighted by Gasteiger charge is -2.21. The van der Waals surface area contributed by atoms with Crippen molar-refractivity contribution in [3.05, 3.63) is 45.2 Å². The summed E-state index contributed by atoms with van der Waals surface area (Å²) in [7, 11) is 3.70. The Balaban J connectivity index is 2.06. The van der Waals surface area contributed by atoms with E-state index < -0.39 is 0 Å². The smallest absolute Gasteiger partial charge is 0.173 e. The zero-order chi connectivity index (χ0) is 15.6. The van der Waals surface area contributed by atoms with E-state index in [1.54, 1.807) is 29.1 Å². The Kier molecular flexibility index (Phi) is 5.32. The van der Waals surface area contributed by atoms with Gasteiger partial charge in [-0.25, -0.2) is 0 Å². The summed E-state index contributed by atoms with van der Waals surface area (Å²) < 4.78 is 1.72. The van der Waals surface area contributed by atoms with Gasteiger partial charge in [0, 0.05) is 19.1 Å². The second-order valence-corrected chi connectivity index (χ2v) is 6.11. The number of benzene rings is 1. The SMILES string of the molecule is CN(Cc1c(Cl)cnn1C)C(=S)Nc1ccc(Cl)cc1Cl. The standard InChI is InChI=1S/C13H13Cl3N4S/c1-19(7-12-10(16)6-17-20(12)2)13(21)18-11-4-3-8(14)5-9(11)15/h3-6H,7H2,1-2H3,(H,18,21). The fourth-order valence-corrected chi connectivity index (χ4v) is 2.57. The number of aryl methyl sites for hydroxylation is 1. The van der Waals surface area contributed by atoms with Crippen LogP contribution in [0.2, 0.25) is 15.1 Å². The Bertz CT molecular complexity index is 652. The molecule has 0 unspecified atom stereocenters. The number of hydrogen-bond donors (Lipinski definition) is 1. The summed E-state index contributed by atoms with van der Waals surface area (Å²) >= 11 is 23.4. The zero-order valence-corrected chi connectivity index (χ0v) is 14.5. The number of rotatable bonds is 3. The van der Waals surface area contributed by atoms with Crippen LogP contribution >= 0.6 is 47.0 Å². The van der Waals surface area contributed by atoms with E-state index in [9.17, 15) is 0 Å². The molecule has 0 aliphatic rings. The van der Waals surface area contributed by atoms with E-state index in [0.29, 0.717) is 32.4 Å². The molecule has 0 bridgehead atoms. The Morgan fingerprint density at radius 2 is 2.05 bits per heavy atom. The number of thiocarbonyl (C=S) groups is 1. The summed E-state index contributed by atoms with van der Waals surface area (Å²) in [6, 6.07) is 5.18. The van der Waals surface area contributed by atoms with Crippen LogP contribution in [0.4, 0.5) is 5.69 Å². The van der Waals surface area contributed by atoms with Crippen molar-refractivity contribution in [2.45, 2.75) is 6.54 Å². The third-order valence-corrected chi connectivity index (χ3v) is 4.19. The molecular formula is C13H13Cl3N4S. The monoisotopic (exact) mass is 362 g/mol. The van der Waals surface area contributed by atoms with Gasteiger partial charge in [0.25, 0.3) is 0 Å². The van der Waals surface area contributed by atoms with Gasteiger partial charge < -0.3 is 10.2 Å². The van der Waals surface area contributed by atoms with Crippen molar-refractivity contribution in [1.82, 2.24) is 14.7 Å². The molecule has 2 aromatic rings. The quantitative estimate of drug-likeness (QED) is 0.828. The van der Waals surface area contributed by atoms with Crippen LogP contribution in [-0.2, 0) is 13.6 Å². The van der Waals surface area contributed by atoms with Crippen LogP contribution in [0.25, 0.3) is 0 Å². The molecule has 0 spiro atoms. The molecule has 1 heterocycles. The highest BCUT2D eigenvalue weighted by molar-refractivity contribution is 7.80. The third kappa shape index (κ3) is 4.01. The highest BCUT2D eigenvalue weighted by atomic mass is 35.5. The molecule has 1 N–H and O–H groups in total. The fourth-order valence-electron chi connectivity index (χ4n) is 1.71. The third-order valence-electron chi connectivity index (χ3n) is 2.92. The molecule has 0 amide bonds. The highest BCUT2D eigenvalue weighted by Gasteiger charge is 2.12. The highest BCUT2D eigenvalue weighted by Crippen LogP contribution is 2.25. The first kappa shape index (κ1) is 16.4. The van der Waals surface area contributed by atoms with E-state index >= 15 is 0 Å². The van der Waals surface area contributed by atoms with E-state index in [1.165, 1.54) is 0 Å². The predicted octanol–water partition coefficient (Wildman–Crippen LogP) is 4.21. The summed E-state index contributed by atoms with van der Waals surface area (Å²) in [5.41, 5.74) is 1.58. The minimum absolute atomic E-state index is 0.511. The van der Waals surface area contributed by atoms with Gasteiger partial charge in [-0.2, -0.15) is 5.10 Å². The van der Waals surface area contributed by atoms with Crippen LogP contribution in [0.5, 0.6) is 0 Å². The first-order valence-corrected chi connectivity index (χ1v) is 7.56. The van der Waals surface area contributed by atoms with Gasteiger partial charge in [0.15, 0.2) is 5.11 Å². The van der Waals surface area contributed by atoms with Gasteiger partial charge >= 0.3 is 0 Å². The van der Waals surface area contributed by atoms with Crippen LogP contribution in [0.1, 0.15) is 5.69 Å². The van der Waals surface area contributed by atoms with Crippen LogP contribution < -0.4 is 5.32 Å². The molecule has 0 radical (unpaired) electrons. The van der Waals surface area contributed by atoms with E-state index in [0.717, 1.165) is 5.69 Å². The summed E-state index contributed by atoms with van der Waals surface area (Å²) in [4.78, 5) is 1.85. The average Bonchev–Trinajstić information content (AvgIpc) is 2.73. The number of anilines is 1. The number of halogens is 3. The molecule has 0 fully saturated rings. The van der Waals surface area contributed by atoms with E-state index in [4.69, 9.17) is 47.0 Å². The van der Waals surface area contributed by atoms with E-state index in [2.05, 4.69) is 10.4 Å². The zero-order valence-electron chi connectivity index (χ0n) is 11.4. The molecule has 8 heteroatoms. The number of hydrogen-bond acceptors (Lipinski definition) is 2. The molecular weight excluding hydrogens is 351 g/mol. The summed E-state index contributed by atoms with van der Waals surface area (Å²) in [5, 5.41) is 9.40. The minimum Gasteiger partial charge on any atom is -0.346 e. The number of aromatic nitrogens is 2. The second-order valence-electron chi connectivity index (χ2n) is 4.47. The summed E-state index contributed by atoms with van der Waals surface area (Å²) in [5.74, 6) is 0. The maximum atomic E-state index is 6.11. The van der Waals surface area contributed by atoms with Crippen molar-refractivity contribution in [3.8, 4) is 0 Å². The Labute approximate surface area is 143 Å². The molecule has 0 atom stereocenters. The number of nitrogens with one attached hydrogen (secondary N) is 1. The average molecular weight is 364 g/mol. The van der Waals surface area contributed by atoms with Gasteiger partial charge in [0.1, 0.15) is 0 Å². The molecule has 1 aromatic carbocycles. The van der Waals surface area contributed by atoms with Crippen LogP contribution in [0.3, 0.4) is 0 Å². The van der Waals surface area contributed by atoms with Crippen LogP contribution in [-0.4, -0.2) is 26.8 Å². The van der Waals surface area contributed by atoms with E-state index in [-0.39, 0.29) is 0 Å².